The molecule has 3 rings (SSSR count). The third kappa shape index (κ3) is 5.83. The second-order valence-corrected chi connectivity index (χ2v) is 12.0. The number of methoxy groups -OCH3 is 1. The van der Waals surface area contributed by atoms with Crippen LogP contribution in [0.3, 0.4) is 0 Å². The summed E-state index contributed by atoms with van der Waals surface area (Å²) in [4.78, 5) is 0. The van der Waals surface area contributed by atoms with Crippen LogP contribution in [-0.4, -0.2) is 46.6 Å². The van der Waals surface area contributed by atoms with Gasteiger partial charge in [-0.2, -0.15) is 0 Å². The Morgan fingerprint density at radius 1 is 1.13 bits per heavy atom. The Bertz CT molecular complexity index is 876. The molecule has 0 saturated heterocycles. The van der Waals surface area contributed by atoms with Gasteiger partial charge in [0.15, 0.2) is 11.5 Å². The minimum atomic E-state index is -1.87. The Labute approximate surface area is 179 Å². The summed E-state index contributed by atoms with van der Waals surface area (Å²) in [5.41, 5.74) is 4.53. The fraction of sp³-hybridized carbons (Fsp3) is 0.333. The molecular formula is C24H30O5Si. The molecule has 0 saturated carbocycles. The topological polar surface area (TPSA) is 57.2 Å². The van der Waals surface area contributed by atoms with Gasteiger partial charge in [-0.15, -0.1) is 0 Å². The number of rotatable bonds is 10. The van der Waals surface area contributed by atoms with E-state index in [9.17, 15) is 5.11 Å². The van der Waals surface area contributed by atoms with E-state index in [-0.39, 0.29) is 26.3 Å². The fourth-order valence-electron chi connectivity index (χ4n) is 3.37. The maximum absolute atomic E-state index is 9.37. The Hall–Kier alpha value is -2.38. The molecule has 1 atom stereocenters. The highest BCUT2D eigenvalue weighted by Gasteiger charge is 2.22. The van der Waals surface area contributed by atoms with E-state index in [4.69, 9.17) is 18.9 Å². The maximum atomic E-state index is 9.37. The van der Waals surface area contributed by atoms with Crippen LogP contribution in [-0.2, 0) is 9.47 Å². The molecule has 0 aliphatic carbocycles. The third-order valence-corrected chi connectivity index (χ3v) is 7.90. The van der Waals surface area contributed by atoms with Gasteiger partial charge in [0.25, 0.3) is 0 Å². The lowest BCUT2D eigenvalue weighted by molar-refractivity contribution is -0.0606. The number of hydrogen-bond acceptors (Lipinski definition) is 5. The van der Waals surface area contributed by atoms with Crippen molar-refractivity contribution in [2.45, 2.75) is 25.6 Å². The Balaban J connectivity index is 1.97. The second-order valence-electron chi connectivity index (χ2n) is 7.74. The van der Waals surface area contributed by atoms with Crippen molar-refractivity contribution in [1.82, 2.24) is 0 Å². The van der Waals surface area contributed by atoms with Gasteiger partial charge in [-0.25, -0.2) is 0 Å². The number of allylic oxidation sites excluding steroid dienone is 2. The lowest BCUT2D eigenvalue weighted by Gasteiger charge is -2.21. The number of ether oxygens (including phenoxy) is 4. The van der Waals surface area contributed by atoms with Gasteiger partial charge in [0.1, 0.15) is 14.9 Å². The van der Waals surface area contributed by atoms with Crippen molar-refractivity contribution in [1.29, 1.82) is 0 Å². The van der Waals surface area contributed by atoms with Gasteiger partial charge in [-0.05, 0) is 23.3 Å². The van der Waals surface area contributed by atoms with E-state index < -0.39 is 8.07 Å². The quantitative estimate of drug-likeness (QED) is 0.355. The minimum Gasteiger partial charge on any atom is -0.454 e. The molecule has 30 heavy (non-hydrogen) atoms. The van der Waals surface area contributed by atoms with Crippen molar-refractivity contribution in [3.8, 4) is 11.5 Å². The summed E-state index contributed by atoms with van der Waals surface area (Å²) in [6, 6.07) is 16.6. The van der Waals surface area contributed by atoms with Gasteiger partial charge in [-0.3, -0.25) is 0 Å². The number of aliphatic hydroxyl groups is 1. The van der Waals surface area contributed by atoms with E-state index in [1.165, 1.54) is 5.19 Å². The summed E-state index contributed by atoms with van der Waals surface area (Å²) in [7, 11) is -0.278. The van der Waals surface area contributed by atoms with Gasteiger partial charge >= 0.3 is 0 Å². The molecule has 1 aliphatic rings. The van der Waals surface area contributed by atoms with Crippen LogP contribution in [0.5, 0.6) is 11.5 Å². The van der Waals surface area contributed by atoms with Crippen LogP contribution in [0, 0.1) is 0 Å². The molecule has 1 aliphatic heterocycles. The summed E-state index contributed by atoms with van der Waals surface area (Å²) in [5.74, 6) is 1.52. The highest BCUT2D eigenvalue weighted by molar-refractivity contribution is 6.94. The molecule has 6 heteroatoms. The monoisotopic (exact) mass is 426 g/mol. The van der Waals surface area contributed by atoms with Gasteiger partial charge < -0.3 is 24.1 Å². The number of hydrogen-bond donors (Lipinski definition) is 1. The largest absolute Gasteiger partial charge is 0.454 e. The zero-order valence-electron chi connectivity index (χ0n) is 17.8. The van der Waals surface area contributed by atoms with Crippen molar-refractivity contribution >= 4 is 18.8 Å². The zero-order chi connectivity index (χ0) is 21.4. The van der Waals surface area contributed by atoms with Crippen LogP contribution in [0.15, 0.2) is 66.4 Å². The van der Waals surface area contributed by atoms with Crippen LogP contribution in [0.1, 0.15) is 12.0 Å². The first-order valence-electron chi connectivity index (χ1n) is 10.1. The normalized spacial score (nSPS) is 15.0. The van der Waals surface area contributed by atoms with E-state index in [1.54, 1.807) is 7.11 Å². The van der Waals surface area contributed by atoms with Crippen molar-refractivity contribution in [2.75, 3.05) is 27.3 Å². The summed E-state index contributed by atoms with van der Waals surface area (Å²) in [6.45, 7) is 5.14. The van der Waals surface area contributed by atoms with Gasteiger partial charge in [0.05, 0.1) is 6.10 Å². The highest BCUT2D eigenvalue weighted by atomic mass is 28.3. The predicted octanol–water partition coefficient (Wildman–Crippen LogP) is 3.88. The van der Waals surface area contributed by atoms with E-state index in [0.717, 1.165) is 22.6 Å². The molecule has 0 spiro atoms. The Morgan fingerprint density at radius 3 is 2.63 bits per heavy atom. The van der Waals surface area contributed by atoms with Crippen molar-refractivity contribution in [2.24, 2.45) is 0 Å². The third-order valence-electron chi connectivity index (χ3n) is 5.04. The SMILES string of the molecule is COCOC(/C=C\C(=C\[Si](C)(C)c1ccccc1)c1ccc2c(c1)OCO2)CCO. The summed E-state index contributed by atoms with van der Waals surface area (Å²) < 4.78 is 21.8. The molecule has 5 nitrogen and oxygen atoms in total. The van der Waals surface area contributed by atoms with Gasteiger partial charge in [-0.1, -0.05) is 72.5 Å². The van der Waals surface area contributed by atoms with E-state index in [0.29, 0.717) is 6.42 Å². The van der Waals surface area contributed by atoms with E-state index in [2.05, 4.69) is 55.2 Å². The molecule has 2 aromatic rings. The predicted molar refractivity (Wildman–Crippen MR) is 122 cm³/mol. The first-order chi connectivity index (χ1) is 14.5. The summed E-state index contributed by atoms with van der Waals surface area (Å²) >= 11 is 0. The summed E-state index contributed by atoms with van der Waals surface area (Å²) in [5, 5.41) is 10.7. The summed E-state index contributed by atoms with van der Waals surface area (Å²) in [6.07, 6.45) is 4.34. The average Bonchev–Trinajstić information content (AvgIpc) is 3.23. The standard InChI is InChI=1S/C24H30O5Si/c1-26-17-27-21(13-14-25)11-9-20(16-30(2,3)22-7-5-4-6-8-22)19-10-12-23-24(15-19)29-18-28-23/h4-12,15-16,21,25H,13-14,17-18H2,1-3H3/b11-9-,20-16-. The maximum Gasteiger partial charge on any atom is 0.231 e. The fourth-order valence-corrected chi connectivity index (χ4v) is 5.63. The van der Waals surface area contributed by atoms with Gasteiger partial charge in [0.2, 0.25) is 6.79 Å². The molecule has 1 N–H and O–H groups in total. The molecule has 0 fully saturated rings. The molecule has 0 bridgehead atoms. The zero-order valence-corrected chi connectivity index (χ0v) is 18.8. The lowest BCUT2D eigenvalue weighted by atomic mass is 10.1. The van der Waals surface area contributed by atoms with Crippen LogP contribution in [0.4, 0.5) is 0 Å². The van der Waals surface area contributed by atoms with Crippen LogP contribution >= 0.6 is 0 Å². The Morgan fingerprint density at radius 2 is 1.90 bits per heavy atom. The first kappa shape index (κ1) is 22.3. The van der Waals surface area contributed by atoms with Crippen molar-refractivity contribution < 1.29 is 24.1 Å². The number of fused-ring (bicyclic) bond motifs is 1. The highest BCUT2D eigenvalue weighted by Crippen LogP contribution is 2.35. The first-order valence-corrected chi connectivity index (χ1v) is 13.2. The molecule has 1 unspecified atom stereocenters. The average molecular weight is 427 g/mol. The molecule has 2 aromatic carbocycles. The molecule has 0 radical (unpaired) electrons. The lowest BCUT2D eigenvalue weighted by Crippen LogP contribution is -2.39. The van der Waals surface area contributed by atoms with E-state index in [1.807, 2.05) is 24.3 Å². The van der Waals surface area contributed by atoms with Gasteiger partial charge in [0, 0.05) is 20.1 Å². The molecule has 1 heterocycles. The van der Waals surface area contributed by atoms with Crippen molar-refractivity contribution in [3.05, 3.63) is 71.9 Å². The molecule has 0 aromatic heterocycles. The molecule has 160 valence electrons. The van der Waals surface area contributed by atoms with Crippen LogP contribution < -0.4 is 14.7 Å². The van der Waals surface area contributed by atoms with Crippen LogP contribution in [0.25, 0.3) is 5.57 Å². The van der Waals surface area contributed by atoms with E-state index >= 15 is 0 Å². The number of aliphatic hydroxyl groups excluding tert-OH is 1. The van der Waals surface area contributed by atoms with Crippen LogP contribution in [0.2, 0.25) is 13.1 Å². The minimum absolute atomic E-state index is 0.0477. The number of benzene rings is 2. The van der Waals surface area contributed by atoms with Crippen molar-refractivity contribution in [3.63, 3.8) is 0 Å². The molecular weight excluding hydrogens is 396 g/mol. The second kappa shape index (κ2) is 10.6. The Kier molecular flexibility index (Phi) is 7.87. The molecule has 0 amide bonds. The smallest absolute Gasteiger partial charge is 0.231 e.